The summed E-state index contributed by atoms with van der Waals surface area (Å²) in [5.74, 6) is -0.838. The molecule has 0 saturated heterocycles. The molecule has 0 heterocycles. The van der Waals surface area contributed by atoms with Crippen LogP contribution in [0.5, 0.6) is 5.75 Å². The third-order valence-corrected chi connectivity index (χ3v) is 5.11. The maximum atomic E-state index is 12.4. The van der Waals surface area contributed by atoms with Crippen LogP contribution in [0, 0.1) is 0 Å². The van der Waals surface area contributed by atoms with Crippen LogP contribution in [0.25, 0.3) is 0 Å². The molecule has 0 saturated carbocycles. The number of esters is 1. The first-order valence-electron chi connectivity index (χ1n) is 8.39. The topological polar surface area (TPSA) is 67.8 Å². The van der Waals surface area contributed by atoms with Crippen LogP contribution in [-0.4, -0.2) is 18.1 Å². The number of hydrogen-bond donors (Lipinski definition) is 1. The van der Waals surface area contributed by atoms with Gasteiger partial charge in [-0.3, -0.25) is 4.79 Å². The molecule has 152 valence electrons. The highest BCUT2D eigenvalue weighted by Gasteiger charge is 2.13. The molecule has 3 aromatic carbocycles. The lowest BCUT2D eigenvalue weighted by Crippen LogP contribution is -2.18. The van der Waals surface area contributed by atoms with E-state index in [1.165, 1.54) is 18.3 Å². The lowest BCUT2D eigenvalue weighted by molar-refractivity contribution is 0.0734. The Morgan fingerprint density at radius 2 is 1.60 bits per heavy atom. The van der Waals surface area contributed by atoms with Crippen LogP contribution in [0.2, 0.25) is 15.1 Å². The number of carbonyl (C=O) groups excluding carboxylic acids is 2. The summed E-state index contributed by atoms with van der Waals surface area (Å²) in [7, 11) is 0. The summed E-state index contributed by atoms with van der Waals surface area (Å²) < 4.78 is 6.29. The highest BCUT2D eigenvalue weighted by atomic mass is 79.9. The SMILES string of the molecule is O=C(Oc1ccc(Cl)cc1/C=N/NC(=O)c1ccc(Cl)cc1Cl)c1ccc(Br)cc1. The van der Waals surface area contributed by atoms with Gasteiger partial charge in [-0.25, -0.2) is 10.2 Å². The van der Waals surface area contributed by atoms with Gasteiger partial charge in [-0.2, -0.15) is 5.10 Å². The van der Waals surface area contributed by atoms with Gasteiger partial charge >= 0.3 is 5.97 Å². The number of nitrogens with one attached hydrogen (secondary N) is 1. The summed E-state index contributed by atoms with van der Waals surface area (Å²) in [6.07, 6.45) is 1.32. The molecule has 0 atom stereocenters. The van der Waals surface area contributed by atoms with Gasteiger partial charge in [0.2, 0.25) is 0 Å². The molecule has 1 amide bonds. The molecule has 0 spiro atoms. The van der Waals surface area contributed by atoms with Crippen LogP contribution in [0.1, 0.15) is 26.3 Å². The van der Waals surface area contributed by atoms with E-state index < -0.39 is 11.9 Å². The molecule has 5 nitrogen and oxygen atoms in total. The Hall–Kier alpha value is -2.38. The van der Waals surface area contributed by atoms with E-state index in [9.17, 15) is 9.59 Å². The highest BCUT2D eigenvalue weighted by Crippen LogP contribution is 2.23. The van der Waals surface area contributed by atoms with Crippen LogP contribution < -0.4 is 10.2 Å². The van der Waals surface area contributed by atoms with Gasteiger partial charge in [0.25, 0.3) is 5.91 Å². The van der Waals surface area contributed by atoms with Crippen LogP contribution in [0.3, 0.4) is 0 Å². The summed E-state index contributed by atoms with van der Waals surface area (Å²) in [6.45, 7) is 0. The van der Waals surface area contributed by atoms with E-state index in [4.69, 9.17) is 39.5 Å². The third kappa shape index (κ3) is 5.83. The monoisotopic (exact) mass is 524 g/mol. The molecular weight excluding hydrogens is 515 g/mol. The summed E-state index contributed by atoms with van der Waals surface area (Å²) in [4.78, 5) is 24.6. The zero-order chi connectivity index (χ0) is 21.7. The summed E-state index contributed by atoms with van der Waals surface area (Å²) in [5.41, 5.74) is 3.35. The van der Waals surface area contributed by atoms with E-state index in [1.54, 1.807) is 48.5 Å². The van der Waals surface area contributed by atoms with E-state index >= 15 is 0 Å². The van der Waals surface area contributed by atoms with Crippen LogP contribution in [0.4, 0.5) is 0 Å². The molecule has 30 heavy (non-hydrogen) atoms. The Bertz CT molecular complexity index is 1130. The average molecular weight is 527 g/mol. The van der Waals surface area contributed by atoms with E-state index in [1.807, 2.05) is 0 Å². The lowest BCUT2D eigenvalue weighted by Gasteiger charge is -2.08. The number of amides is 1. The van der Waals surface area contributed by atoms with Crippen molar-refractivity contribution >= 4 is 68.8 Å². The minimum Gasteiger partial charge on any atom is -0.422 e. The second-order valence-electron chi connectivity index (χ2n) is 5.90. The Morgan fingerprint density at radius 1 is 0.933 bits per heavy atom. The quantitative estimate of drug-likeness (QED) is 0.181. The van der Waals surface area contributed by atoms with Crippen LogP contribution in [0.15, 0.2) is 70.2 Å². The maximum Gasteiger partial charge on any atom is 0.343 e. The van der Waals surface area contributed by atoms with Gasteiger partial charge in [-0.15, -0.1) is 0 Å². The number of hydrazone groups is 1. The summed E-state index contributed by atoms with van der Waals surface area (Å²) >= 11 is 21.2. The fourth-order valence-electron chi connectivity index (χ4n) is 2.35. The molecule has 0 aliphatic rings. The second-order valence-corrected chi connectivity index (χ2v) is 8.10. The Kier molecular flexibility index (Phi) is 7.50. The lowest BCUT2D eigenvalue weighted by atomic mass is 10.2. The number of ether oxygens (including phenoxy) is 1. The summed E-state index contributed by atoms with van der Waals surface area (Å²) in [6, 6.07) is 15.9. The van der Waals surface area contributed by atoms with Crippen molar-refractivity contribution < 1.29 is 14.3 Å². The van der Waals surface area contributed by atoms with Crippen molar-refractivity contribution in [3.05, 3.63) is 96.9 Å². The first-order chi connectivity index (χ1) is 14.3. The van der Waals surface area contributed by atoms with Crippen molar-refractivity contribution in [3.63, 3.8) is 0 Å². The molecule has 0 radical (unpaired) electrons. The predicted octanol–water partition coefficient (Wildman–Crippen LogP) is 6.39. The molecule has 0 aliphatic heterocycles. The predicted molar refractivity (Wildman–Crippen MR) is 122 cm³/mol. The maximum absolute atomic E-state index is 12.4. The molecule has 3 aromatic rings. The molecule has 0 aliphatic carbocycles. The number of halogens is 4. The standard InChI is InChI=1S/C21H12BrCl3N2O3/c22-14-3-1-12(2-4-14)21(29)30-19-8-6-15(23)9-13(19)11-26-27-20(28)17-7-5-16(24)10-18(17)25/h1-11H,(H,27,28)/b26-11+. The van der Waals surface area contributed by atoms with Crippen molar-refractivity contribution in [2.75, 3.05) is 0 Å². The van der Waals surface area contributed by atoms with Gasteiger partial charge in [0.05, 0.1) is 22.4 Å². The van der Waals surface area contributed by atoms with Gasteiger partial charge in [-0.05, 0) is 60.7 Å². The van der Waals surface area contributed by atoms with E-state index in [0.29, 0.717) is 21.2 Å². The Labute approximate surface area is 195 Å². The molecule has 0 unspecified atom stereocenters. The van der Waals surface area contributed by atoms with Crippen molar-refractivity contribution in [1.29, 1.82) is 0 Å². The van der Waals surface area contributed by atoms with Crippen LogP contribution >= 0.6 is 50.7 Å². The highest BCUT2D eigenvalue weighted by molar-refractivity contribution is 9.10. The van der Waals surface area contributed by atoms with Gasteiger partial charge in [-0.1, -0.05) is 50.7 Å². The van der Waals surface area contributed by atoms with E-state index in [2.05, 4.69) is 26.5 Å². The molecule has 9 heteroatoms. The fraction of sp³-hybridized carbons (Fsp3) is 0. The van der Waals surface area contributed by atoms with Gasteiger partial charge < -0.3 is 4.74 Å². The second kappa shape index (κ2) is 10.1. The Balaban J connectivity index is 1.75. The average Bonchev–Trinajstić information content (AvgIpc) is 2.70. The zero-order valence-corrected chi connectivity index (χ0v) is 18.9. The molecular formula is C21H12BrCl3N2O3. The number of rotatable bonds is 5. The van der Waals surface area contributed by atoms with Crippen molar-refractivity contribution in [2.45, 2.75) is 0 Å². The molecule has 0 aromatic heterocycles. The number of nitrogens with zero attached hydrogens (tertiary/aromatic N) is 1. The van der Waals surface area contributed by atoms with Crippen molar-refractivity contribution in [1.82, 2.24) is 5.43 Å². The van der Waals surface area contributed by atoms with Gasteiger partial charge in [0.15, 0.2) is 0 Å². The first kappa shape index (κ1) is 22.3. The zero-order valence-electron chi connectivity index (χ0n) is 15.0. The summed E-state index contributed by atoms with van der Waals surface area (Å²) in [5, 5.41) is 4.92. The van der Waals surface area contributed by atoms with E-state index in [0.717, 1.165) is 4.47 Å². The normalized spacial score (nSPS) is 10.8. The largest absolute Gasteiger partial charge is 0.422 e. The van der Waals surface area contributed by atoms with Gasteiger partial charge in [0.1, 0.15) is 5.75 Å². The van der Waals surface area contributed by atoms with Crippen LogP contribution in [-0.2, 0) is 0 Å². The van der Waals surface area contributed by atoms with Crippen molar-refractivity contribution in [2.24, 2.45) is 5.10 Å². The minimum absolute atomic E-state index is 0.196. The van der Waals surface area contributed by atoms with Crippen molar-refractivity contribution in [3.8, 4) is 5.75 Å². The Morgan fingerprint density at radius 3 is 2.30 bits per heavy atom. The van der Waals surface area contributed by atoms with Gasteiger partial charge in [0, 0.05) is 20.1 Å². The third-order valence-electron chi connectivity index (χ3n) is 3.80. The molecule has 0 bridgehead atoms. The molecule has 0 fully saturated rings. The molecule has 1 N–H and O–H groups in total. The minimum atomic E-state index is -0.545. The molecule has 3 rings (SSSR count). The number of hydrogen-bond acceptors (Lipinski definition) is 4. The fourth-order valence-corrected chi connectivity index (χ4v) is 3.29. The number of carbonyl (C=O) groups is 2. The van der Waals surface area contributed by atoms with E-state index in [-0.39, 0.29) is 16.3 Å². The smallest absolute Gasteiger partial charge is 0.343 e. The number of benzene rings is 3. The first-order valence-corrected chi connectivity index (χ1v) is 10.3.